The maximum absolute atomic E-state index is 13.6. The van der Waals surface area contributed by atoms with Gasteiger partial charge in [-0.3, -0.25) is 0 Å². The topological polar surface area (TPSA) is 20.7 Å². The second-order valence-electron chi connectivity index (χ2n) is 4.55. The smallest absolute Gasteiger partial charge is 0.178 e. The molecule has 1 heterocycles. The van der Waals surface area contributed by atoms with Crippen LogP contribution < -0.4 is 0 Å². The average Bonchev–Trinajstić information content (AvgIpc) is 2.98. The predicted molar refractivity (Wildman–Crippen MR) is 72.2 cm³/mol. The lowest BCUT2D eigenvalue weighted by Crippen LogP contribution is -1.96. The van der Waals surface area contributed by atoms with Crippen molar-refractivity contribution in [1.82, 2.24) is 9.55 Å². The van der Waals surface area contributed by atoms with E-state index in [1.807, 2.05) is 0 Å². The van der Waals surface area contributed by atoms with Crippen molar-refractivity contribution in [1.29, 1.82) is 0 Å². The van der Waals surface area contributed by atoms with E-state index >= 15 is 0 Å². The molecule has 1 saturated carbocycles. The van der Waals surface area contributed by atoms with Crippen LogP contribution in [-0.4, -0.2) is 9.55 Å². The molecule has 0 amide bonds. The van der Waals surface area contributed by atoms with Crippen LogP contribution in [0, 0.1) is 16.5 Å². The van der Waals surface area contributed by atoms with E-state index in [4.69, 9.17) is 12.2 Å². The monoisotopic (exact) mass is 314 g/mol. The molecular formula is C12H12BrFN2S. The number of fused-ring (bicyclic) bond motifs is 1. The zero-order chi connectivity index (χ0) is 12.2. The fourth-order valence-corrected chi connectivity index (χ4v) is 3.12. The van der Waals surface area contributed by atoms with Gasteiger partial charge in [0.05, 0.1) is 15.5 Å². The quantitative estimate of drug-likeness (QED) is 0.805. The summed E-state index contributed by atoms with van der Waals surface area (Å²) in [5.74, 6) is 0.446. The summed E-state index contributed by atoms with van der Waals surface area (Å²) in [4.78, 5) is 3.14. The van der Waals surface area contributed by atoms with Crippen LogP contribution in [0.15, 0.2) is 16.6 Å². The van der Waals surface area contributed by atoms with Crippen LogP contribution in [0.3, 0.4) is 0 Å². The molecule has 0 spiro atoms. The van der Waals surface area contributed by atoms with Crippen LogP contribution in [0.4, 0.5) is 4.39 Å². The third kappa shape index (κ3) is 1.76. The van der Waals surface area contributed by atoms with Crippen molar-refractivity contribution in [2.45, 2.75) is 25.8 Å². The molecule has 0 aliphatic heterocycles. The first-order valence-electron chi connectivity index (χ1n) is 5.71. The van der Waals surface area contributed by atoms with E-state index in [0.29, 0.717) is 21.2 Å². The normalized spacial score (nSPS) is 23.2. The molecule has 2 unspecified atom stereocenters. The molecule has 2 aromatic rings. The number of halogens is 2. The number of benzene rings is 1. The molecule has 3 rings (SSSR count). The van der Waals surface area contributed by atoms with E-state index in [1.165, 1.54) is 0 Å². The zero-order valence-corrected chi connectivity index (χ0v) is 11.7. The Labute approximate surface area is 112 Å². The zero-order valence-electron chi connectivity index (χ0n) is 9.34. The Balaban J connectivity index is 2.21. The van der Waals surface area contributed by atoms with Gasteiger partial charge in [0.25, 0.3) is 0 Å². The lowest BCUT2D eigenvalue weighted by atomic mass is 10.3. The van der Waals surface area contributed by atoms with Gasteiger partial charge in [-0.1, -0.05) is 13.3 Å². The maximum atomic E-state index is 13.6. The third-order valence-electron chi connectivity index (χ3n) is 3.50. The minimum atomic E-state index is -0.242. The first kappa shape index (κ1) is 11.4. The third-order valence-corrected chi connectivity index (χ3v) is 4.41. The number of H-pyrrole nitrogens is 1. The summed E-state index contributed by atoms with van der Waals surface area (Å²) in [6, 6.07) is 3.75. The molecule has 2 atom stereocenters. The number of nitrogens with zero attached hydrogens (tertiary/aromatic N) is 1. The molecule has 17 heavy (non-hydrogen) atoms. The second kappa shape index (κ2) is 3.92. The highest BCUT2D eigenvalue weighted by atomic mass is 79.9. The Hall–Kier alpha value is -0.680. The van der Waals surface area contributed by atoms with E-state index < -0.39 is 0 Å². The summed E-state index contributed by atoms with van der Waals surface area (Å²) in [5, 5.41) is 0. The number of aromatic nitrogens is 2. The van der Waals surface area contributed by atoms with Gasteiger partial charge < -0.3 is 9.55 Å². The molecule has 1 aromatic heterocycles. The van der Waals surface area contributed by atoms with Gasteiger partial charge in [-0.25, -0.2) is 4.39 Å². The van der Waals surface area contributed by atoms with Gasteiger partial charge in [0.2, 0.25) is 0 Å². The first-order chi connectivity index (χ1) is 8.11. The average molecular weight is 315 g/mol. The summed E-state index contributed by atoms with van der Waals surface area (Å²) in [7, 11) is 0. The Morgan fingerprint density at radius 2 is 2.35 bits per heavy atom. The van der Waals surface area contributed by atoms with E-state index in [-0.39, 0.29) is 5.82 Å². The molecular weight excluding hydrogens is 303 g/mol. The molecule has 1 N–H and O–H groups in total. The summed E-state index contributed by atoms with van der Waals surface area (Å²) in [6.07, 6.45) is 2.30. The highest BCUT2D eigenvalue weighted by Gasteiger charge is 2.38. The van der Waals surface area contributed by atoms with Crippen molar-refractivity contribution in [2.24, 2.45) is 5.92 Å². The van der Waals surface area contributed by atoms with Crippen LogP contribution in [0.5, 0.6) is 0 Å². The van der Waals surface area contributed by atoms with E-state index in [2.05, 4.69) is 32.4 Å². The van der Waals surface area contributed by atoms with Crippen LogP contribution >= 0.6 is 28.1 Å². The number of aromatic amines is 1. The van der Waals surface area contributed by atoms with Crippen LogP contribution in [0.2, 0.25) is 0 Å². The van der Waals surface area contributed by atoms with Crippen LogP contribution in [0.25, 0.3) is 11.0 Å². The molecule has 0 bridgehead atoms. The van der Waals surface area contributed by atoms with Crippen LogP contribution in [0.1, 0.15) is 25.8 Å². The lowest BCUT2D eigenvalue weighted by molar-refractivity contribution is 0.618. The second-order valence-corrected chi connectivity index (χ2v) is 5.80. The fourth-order valence-electron chi connectivity index (χ4n) is 2.44. The highest BCUT2D eigenvalue weighted by molar-refractivity contribution is 9.10. The molecule has 5 heteroatoms. The SMILES string of the molecule is CCC1CC1n1c(=S)[nH]c2cc(Br)c(F)cc21. The minimum Gasteiger partial charge on any atom is -0.331 e. The number of hydrogen-bond donors (Lipinski definition) is 1. The van der Waals surface area contributed by atoms with Crippen LogP contribution in [-0.2, 0) is 0 Å². The molecule has 2 nitrogen and oxygen atoms in total. The molecule has 1 fully saturated rings. The number of rotatable bonds is 2. The standard InChI is InChI=1S/C12H12BrFN2S/c1-2-6-3-10(6)16-11-5-8(14)7(13)4-9(11)15-12(16)17/h4-6,10H,2-3H2,1H3,(H,15,17). The van der Waals surface area contributed by atoms with Crippen molar-refractivity contribution in [3.05, 3.63) is 27.2 Å². The summed E-state index contributed by atoms with van der Waals surface area (Å²) < 4.78 is 16.8. The van der Waals surface area contributed by atoms with Crippen molar-refractivity contribution in [2.75, 3.05) is 0 Å². The molecule has 1 aromatic carbocycles. The number of imidazole rings is 1. The van der Waals surface area contributed by atoms with E-state index in [1.54, 1.807) is 12.1 Å². The van der Waals surface area contributed by atoms with Gasteiger partial charge in [-0.05, 0) is 46.6 Å². The molecule has 1 aliphatic rings. The Bertz CT molecular complexity index is 646. The first-order valence-corrected chi connectivity index (χ1v) is 6.91. The van der Waals surface area contributed by atoms with Gasteiger partial charge >= 0.3 is 0 Å². The van der Waals surface area contributed by atoms with Crippen molar-refractivity contribution in [3.8, 4) is 0 Å². The highest BCUT2D eigenvalue weighted by Crippen LogP contribution is 2.47. The molecule has 0 radical (unpaired) electrons. The molecule has 1 aliphatic carbocycles. The summed E-state index contributed by atoms with van der Waals surface area (Å²) >= 11 is 8.52. The molecule has 0 saturated heterocycles. The fraction of sp³-hybridized carbons (Fsp3) is 0.417. The Morgan fingerprint density at radius 1 is 1.59 bits per heavy atom. The van der Waals surface area contributed by atoms with Gasteiger partial charge in [0.15, 0.2) is 4.77 Å². The van der Waals surface area contributed by atoms with E-state index in [0.717, 1.165) is 23.9 Å². The Morgan fingerprint density at radius 3 is 3.00 bits per heavy atom. The Kier molecular flexibility index (Phi) is 2.63. The number of hydrogen-bond acceptors (Lipinski definition) is 1. The lowest BCUT2D eigenvalue weighted by Gasteiger charge is -2.03. The van der Waals surface area contributed by atoms with Gasteiger partial charge in [0.1, 0.15) is 5.82 Å². The van der Waals surface area contributed by atoms with Gasteiger partial charge in [0, 0.05) is 12.1 Å². The summed E-state index contributed by atoms with van der Waals surface area (Å²) in [5.41, 5.74) is 1.77. The molecule has 90 valence electrons. The minimum absolute atomic E-state index is 0.242. The number of nitrogens with one attached hydrogen (secondary N) is 1. The maximum Gasteiger partial charge on any atom is 0.178 e. The van der Waals surface area contributed by atoms with Crippen molar-refractivity contribution < 1.29 is 4.39 Å². The van der Waals surface area contributed by atoms with Crippen molar-refractivity contribution in [3.63, 3.8) is 0 Å². The summed E-state index contributed by atoms with van der Waals surface area (Å²) in [6.45, 7) is 2.18. The van der Waals surface area contributed by atoms with Gasteiger partial charge in [-0.15, -0.1) is 0 Å². The van der Waals surface area contributed by atoms with Gasteiger partial charge in [-0.2, -0.15) is 0 Å². The van der Waals surface area contributed by atoms with E-state index in [9.17, 15) is 4.39 Å². The predicted octanol–water partition coefficient (Wildman–Crippen LogP) is 4.57. The largest absolute Gasteiger partial charge is 0.331 e. The van der Waals surface area contributed by atoms with Crippen molar-refractivity contribution >= 4 is 39.2 Å².